The van der Waals surface area contributed by atoms with Gasteiger partial charge in [0.25, 0.3) is 0 Å². The van der Waals surface area contributed by atoms with E-state index >= 15 is 0 Å². The van der Waals surface area contributed by atoms with E-state index in [1.54, 1.807) is 34.4 Å². The molecule has 0 unspecified atom stereocenters. The lowest BCUT2D eigenvalue weighted by molar-refractivity contribution is 0.174. The number of thiazole rings is 1. The first-order chi connectivity index (χ1) is 14.8. The molecular weight excluding hydrogens is 436 g/mol. The number of benzene rings is 1. The van der Waals surface area contributed by atoms with Crippen molar-refractivity contribution in [2.45, 2.75) is 23.9 Å². The molecule has 6 nitrogen and oxygen atoms in total. The zero-order valence-electron chi connectivity index (χ0n) is 16.0. The molecule has 5 rings (SSSR count). The highest BCUT2D eigenvalue weighted by molar-refractivity contribution is 7.98. The summed E-state index contributed by atoms with van der Waals surface area (Å²) in [5.74, 6) is 3.24. The monoisotopic (exact) mass is 454 g/mol. The second-order valence-corrected chi connectivity index (χ2v) is 9.39. The summed E-state index contributed by atoms with van der Waals surface area (Å²) in [6.45, 7) is 4.85. The molecule has 0 saturated heterocycles. The molecule has 0 radical (unpaired) electrons. The fourth-order valence-electron chi connectivity index (χ4n) is 3.11. The first-order valence-corrected chi connectivity index (χ1v) is 12.1. The predicted octanol–water partition coefficient (Wildman–Crippen LogP) is 5.26. The second kappa shape index (κ2) is 8.63. The zero-order valence-corrected chi connectivity index (χ0v) is 18.4. The molecule has 9 heteroatoms. The minimum Gasteiger partial charge on any atom is -0.454 e. The highest BCUT2D eigenvalue weighted by Gasteiger charge is 2.16. The Morgan fingerprint density at radius 1 is 1.17 bits per heavy atom. The van der Waals surface area contributed by atoms with Crippen molar-refractivity contribution in [2.24, 2.45) is 0 Å². The highest BCUT2D eigenvalue weighted by atomic mass is 32.2. The third kappa shape index (κ3) is 4.00. The molecule has 0 N–H and O–H groups in total. The van der Waals surface area contributed by atoms with Gasteiger partial charge in [-0.1, -0.05) is 23.9 Å². The molecule has 0 aliphatic carbocycles. The van der Waals surface area contributed by atoms with Gasteiger partial charge in [-0.15, -0.1) is 39.4 Å². The first-order valence-electron chi connectivity index (χ1n) is 9.33. The Hall–Kier alpha value is -2.62. The van der Waals surface area contributed by atoms with Crippen LogP contribution in [0.3, 0.4) is 0 Å². The quantitative estimate of drug-likeness (QED) is 0.267. The van der Waals surface area contributed by atoms with Crippen molar-refractivity contribution in [1.82, 2.24) is 19.7 Å². The molecule has 3 aromatic heterocycles. The molecule has 0 atom stereocenters. The Labute approximate surface area is 186 Å². The van der Waals surface area contributed by atoms with Gasteiger partial charge in [0.05, 0.1) is 5.69 Å². The minimum atomic E-state index is 0.276. The Kier molecular flexibility index (Phi) is 5.56. The molecular formula is C21H18N4O2S3. The maximum absolute atomic E-state index is 5.47. The van der Waals surface area contributed by atoms with Crippen LogP contribution in [0.15, 0.2) is 58.9 Å². The molecule has 30 heavy (non-hydrogen) atoms. The number of thiophene rings is 1. The Bertz CT molecular complexity index is 1170. The fraction of sp³-hybridized carbons (Fsp3) is 0.190. The summed E-state index contributed by atoms with van der Waals surface area (Å²) < 4.78 is 13.0. The van der Waals surface area contributed by atoms with Gasteiger partial charge in [0, 0.05) is 34.5 Å². The fourth-order valence-corrected chi connectivity index (χ4v) is 5.59. The molecule has 0 fully saturated rings. The second-order valence-electron chi connectivity index (χ2n) is 6.55. The Morgan fingerprint density at radius 3 is 2.97 bits per heavy atom. The molecule has 4 aromatic rings. The van der Waals surface area contributed by atoms with Crippen LogP contribution in [0.5, 0.6) is 11.5 Å². The van der Waals surface area contributed by atoms with Gasteiger partial charge in [-0.3, -0.25) is 0 Å². The molecule has 152 valence electrons. The zero-order chi connectivity index (χ0) is 20.3. The first kappa shape index (κ1) is 19.3. The summed E-state index contributed by atoms with van der Waals surface area (Å²) in [4.78, 5) is 6.06. The number of allylic oxidation sites excluding steroid dienone is 1. The van der Waals surface area contributed by atoms with E-state index in [0.29, 0.717) is 6.54 Å². The summed E-state index contributed by atoms with van der Waals surface area (Å²) in [5, 5.41) is 14.9. The van der Waals surface area contributed by atoms with Gasteiger partial charge in [-0.2, -0.15) is 0 Å². The van der Waals surface area contributed by atoms with E-state index in [4.69, 9.17) is 14.5 Å². The molecule has 1 aliphatic rings. The smallest absolute Gasteiger partial charge is 0.231 e. The van der Waals surface area contributed by atoms with Gasteiger partial charge in [0.2, 0.25) is 6.79 Å². The number of thioether (sulfide) groups is 1. The van der Waals surface area contributed by atoms with E-state index < -0.39 is 0 Å². The SMILES string of the molecule is C=CCn1c(Cc2cccs2)nnc1SCc1csc(-c2ccc3c(c2)OCO3)n1. The lowest BCUT2D eigenvalue weighted by atomic mass is 10.2. The molecule has 0 bridgehead atoms. The van der Waals surface area contributed by atoms with Gasteiger partial charge in [-0.05, 0) is 29.6 Å². The predicted molar refractivity (Wildman–Crippen MR) is 121 cm³/mol. The van der Waals surface area contributed by atoms with Crippen LogP contribution in [-0.2, 0) is 18.7 Å². The van der Waals surface area contributed by atoms with Crippen LogP contribution >= 0.6 is 34.4 Å². The van der Waals surface area contributed by atoms with E-state index in [2.05, 4.69) is 44.2 Å². The number of hydrogen-bond acceptors (Lipinski definition) is 8. The topological polar surface area (TPSA) is 62.1 Å². The summed E-state index contributed by atoms with van der Waals surface area (Å²) in [6, 6.07) is 10.1. The molecule has 4 heterocycles. The molecule has 0 amide bonds. The third-order valence-electron chi connectivity index (χ3n) is 4.54. The molecule has 0 saturated carbocycles. The van der Waals surface area contributed by atoms with Crippen molar-refractivity contribution < 1.29 is 9.47 Å². The van der Waals surface area contributed by atoms with Crippen LogP contribution in [0, 0.1) is 0 Å². The van der Waals surface area contributed by atoms with Crippen molar-refractivity contribution in [3.63, 3.8) is 0 Å². The number of rotatable bonds is 8. The van der Waals surface area contributed by atoms with Gasteiger partial charge < -0.3 is 14.0 Å². The third-order valence-corrected chi connectivity index (χ3v) is 7.35. The number of nitrogens with zero attached hydrogens (tertiary/aromatic N) is 4. The maximum atomic E-state index is 5.47. The van der Waals surface area contributed by atoms with Crippen molar-refractivity contribution in [3.05, 3.63) is 70.1 Å². The van der Waals surface area contributed by atoms with Crippen molar-refractivity contribution in [3.8, 4) is 22.1 Å². The van der Waals surface area contributed by atoms with E-state index in [9.17, 15) is 0 Å². The van der Waals surface area contributed by atoms with Crippen molar-refractivity contribution in [2.75, 3.05) is 6.79 Å². The lowest BCUT2D eigenvalue weighted by Crippen LogP contribution is -2.04. The summed E-state index contributed by atoms with van der Waals surface area (Å²) in [6.07, 6.45) is 2.66. The molecule has 1 aliphatic heterocycles. The largest absolute Gasteiger partial charge is 0.454 e. The number of hydrogen-bond donors (Lipinski definition) is 0. The Balaban J connectivity index is 1.29. The van der Waals surface area contributed by atoms with Crippen LogP contribution in [0.4, 0.5) is 0 Å². The van der Waals surface area contributed by atoms with Crippen LogP contribution in [0.25, 0.3) is 10.6 Å². The average Bonchev–Trinajstić information content (AvgIpc) is 3.55. The van der Waals surface area contributed by atoms with Gasteiger partial charge in [0.1, 0.15) is 10.8 Å². The number of fused-ring (bicyclic) bond motifs is 1. The van der Waals surface area contributed by atoms with E-state index in [0.717, 1.165) is 50.9 Å². The number of ether oxygens (including phenoxy) is 2. The molecule has 0 spiro atoms. The van der Waals surface area contributed by atoms with Crippen LogP contribution in [-0.4, -0.2) is 26.5 Å². The molecule has 1 aromatic carbocycles. The van der Waals surface area contributed by atoms with E-state index in [-0.39, 0.29) is 6.79 Å². The normalized spacial score (nSPS) is 12.4. The van der Waals surface area contributed by atoms with Crippen LogP contribution in [0.1, 0.15) is 16.4 Å². The van der Waals surface area contributed by atoms with Crippen molar-refractivity contribution in [1.29, 1.82) is 0 Å². The average molecular weight is 455 g/mol. The highest BCUT2D eigenvalue weighted by Crippen LogP contribution is 2.37. The summed E-state index contributed by atoms with van der Waals surface area (Å²) in [5.41, 5.74) is 2.05. The Morgan fingerprint density at radius 2 is 2.10 bits per heavy atom. The van der Waals surface area contributed by atoms with Gasteiger partial charge in [-0.25, -0.2) is 4.98 Å². The standard InChI is InChI=1S/C21H18N4O2S3/c1-2-7-25-19(10-16-4-3-8-28-16)23-24-21(25)30-12-15-11-29-20(22-15)14-5-6-17-18(9-14)27-13-26-17/h2-6,8-9,11H,1,7,10,12-13H2. The summed E-state index contributed by atoms with van der Waals surface area (Å²) >= 11 is 5.01. The minimum absolute atomic E-state index is 0.276. The van der Waals surface area contributed by atoms with Crippen molar-refractivity contribution >= 4 is 34.4 Å². The number of aromatic nitrogens is 4. The lowest BCUT2D eigenvalue weighted by Gasteiger charge is -2.06. The van der Waals surface area contributed by atoms with Gasteiger partial charge >= 0.3 is 0 Å². The van der Waals surface area contributed by atoms with E-state index in [1.807, 2.05) is 24.3 Å². The maximum Gasteiger partial charge on any atom is 0.231 e. The van der Waals surface area contributed by atoms with Crippen LogP contribution < -0.4 is 9.47 Å². The summed E-state index contributed by atoms with van der Waals surface area (Å²) in [7, 11) is 0. The van der Waals surface area contributed by atoms with E-state index in [1.165, 1.54) is 4.88 Å². The van der Waals surface area contributed by atoms with Gasteiger partial charge in [0.15, 0.2) is 16.7 Å². The van der Waals surface area contributed by atoms with Crippen LogP contribution in [0.2, 0.25) is 0 Å².